The topological polar surface area (TPSA) is 52.3 Å². The number of ether oxygens (including phenoxy) is 1. The van der Waals surface area contributed by atoms with E-state index in [9.17, 15) is 9.18 Å². The van der Waals surface area contributed by atoms with Crippen LogP contribution in [0.5, 0.6) is 0 Å². The summed E-state index contributed by atoms with van der Waals surface area (Å²) in [7, 11) is 1.34. The first-order chi connectivity index (χ1) is 7.58. The molecular formula is C12H15ClFNO2. The fraction of sp³-hybridized carbons (Fsp3) is 0.417. The highest BCUT2D eigenvalue weighted by molar-refractivity contribution is 5.85. The van der Waals surface area contributed by atoms with E-state index in [0.717, 1.165) is 0 Å². The number of rotatable bonds is 2. The molecule has 1 fully saturated rings. The Kier molecular flexibility index (Phi) is 4.11. The van der Waals surface area contributed by atoms with Gasteiger partial charge in [-0.15, -0.1) is 12.4 Å². The second-order valence-electron chi connectivity index (χ2n) is 4.25. The van der Waals surface area contributed by atoms with Crippen LogP contribution in [-0.2, 0) is 14.9 Å². The first kappa shape index (κ1) is 13.9. The van der Waals surface area contributed by atoms with Gasteiger partial charge in [0.25, 0.3) is 0 Å². The van der Waals surface area contributed by atoms with Gasteiger partial charge in [0.2, 0.25) is 0 Å². The summed E-state index contributed by atoms with van der Waals surface area (Å²) in [5.41, 5.74) is 5.63. The predicted octanol–water partition coefficient (Wildman–Crippen LogP) is 1.78. The minimum absolute atomic E-state index is 0. The summed E-state index contributed by atoms with van der Waals surface area (Å²) in [4.78, 5) is 11.8. The standard InChI is InChI=1S/C12H14FNO2.ClH/c1-16-11(15)12(6-10(14)7-12)8-3-2-4-9(13)5-8;/h2-5,10H,6-7,14H2,1H3;1H. The fourth-order valence-electron chi connectivity index (χ4n) is 2.34. The Bertz CT molecular complexity index is 419. The Morgan fingerprint density at radius 2 is 2.18 bits per heavy atom. The molecule has 0 saturated heterocycles. The van der Waals surface area contributed by atoms with Gasteiger partial charge in [0.05, 0.1) is 12.5 Å². The van der Waals surface area contributed by atoms with Crippen LogP contribution in [0, 0.1) is 5.82 Å². The highest BCUT2D eigenvalue weighted by Crippen LogP contribution is 2.44. The first-order valence-electron chi connectivity index (χ1n) is 5.18. The van der Waals surface area contributed by atoms with E-state index in [0.29, 0.717) is 18.4 Å². The van der Waals surface area contributed by atoms with E-state index in [1.165, 1.54) is 19.2 Å². The molecule has 0 radical (unpaired) electrons. The second kappa shape index (κ2) is 5.02. The molecule has 17 heavy (non-hydrogen) atoms. The number of methoxy groups -OCH3 is 1. The van der Waals surface area contributed by atoms with Crippen molar-refractivity contribution in [3.8, 4) is 0 Å². The van der Waals surface area contributed by atoms with Crippen molar-refractivity contribution in [3.63, 3.8) is 0 Å². The van der Waals surface area contributed by atoms with Crippen LogP contribution in [0.15, 0.2) is 24.3 Å². The molecule has 0 heterocycles. The summed E-state index contributed by atoms with van der Waals surface area (Å²) in [5, 5.41) is 0. The van der Waals surface area contributed by atoms with Crippen molar-refractivity contribution in [1.82, 2.24) is 0 Å². The number of esters is 1. The quantitative estimate of drug-likeness (QED) is 0.824. The summed E-state index contributed by atoms with van der Waals surface area (Å²) < 4.78 is 17.9. The number of hydrogen-bond acceptors (Lipinski definition) is 3. The molecule has 0 aromatic heterocycles. The number of carbonyl (C=O) groups is 1. The second-order valence-corrected chi connectivity index (χ2v) is 4.25. The van der Waals surface area contributed by atoms with E-state index >= 15 is 0 Å². The minimum atomic E-state index is -0.740. The SMILES string of the molecule is COC(=O)C1(c2cccc(F)c2)CC(N)C1.Cl. The number of halogens is 2. The van der Waals surface area contributed by atoms with E-state index in [1.54, 1.807) is 12.1 Å². The van der Waals surface area contributed by atoms with Crippen molar-refractivity contribution in [2.24, 2.45) is 5.73 Å². The van der Waals surface area contributed by atoms with Crippen molar-refractivity contribution in [2.45, 2.75) is 24.3 Å². The molecule has 0 bridgehead atoms. The summed E-state index contributed by atoms with van der Waals surface area (Å²) >= 11 is 0. The maximum atomic E-state index is 13.1. The molecule has 0 amide bonds. The minimum Gasteiger partial charge on any atom is -0.468 e. The third-order valence-corrected chi connectivity index (χ3v) is 3.17. The number of nitrogens with two attached hydrogens (primary N) is 1. The molecule has 2 rings (SSSR count). The van der Waals surface area contributed by atoms with Crippen LogP contribution >= 0.6 is 12.4 Å². The van der Waals surface area contributed by atoms with Gasteiger partial charge in [0, 0.05) is 6.04 Å². The van der Waals surface area contributed by atoms with Crippen LogP contribution in [0.4, 0.5) is 4.39 Å². The average molecular weight is 260 g/mol. The molecule has 1 aliphatic carbocycles. The lowest BCUT2D eigenvalue weighted by atomic mass is 9.62. The summed E-state index contributed by atoms with van der Waals surface area (Å²) in [5.74, 6) is -0.680. The smallest absolute Gasteiger partial charge is 0.316 e. The maximum absolute atomic E-state index is 13.1. The van der Waals surface area contributed by atoms with Gasteiger partial charge in [0.15, 0.2) is 0 Å². The van der Waals surface area contributed by atoms with Crippen LogP contribution in [0.25, 0.3) is 0 Å². The molecule has 1 aliphatic rings. The zero-order chi connectivity index (χ0) is 11.8. The van der Waals surface area contributed by atoms with Gasteiger partial charge in [-0.3, -0.25) is 4.79 Å². The summed E-state index contributed by atoms with van der Waals surface area (Å²) in [6.45, 7) is 0. The lowest BCUT2D eigenvalue weighted by Gasteiger charge is -2.43. The number of benzene rings is 1. The van der Waals surface area contributed by atoms with Gasteiger partial charge >= 0.3 is 5.97 Å². The van der Waals surface area contributed by atoms with E-state index < -0.39 is 5.41 Å². The maximum Gasteiger partial charge on any atom is 0.316 e. The average Bonchev–Trinajstić information content (AvgIpc) is 2.23. The van der Waals surface area contributed by atoms with Crippen LogP contribution in [0.3, 0.4) is 0 Å². The molecule has 5 heteroatoms. The molecule has 2 N–H and O–H groups in total. The van der Waals surface area contributed by atoms with E-state index in [2.05, 4.69) is 0 Å². The van der Waals surface area contributed by atoms with Crippen LogP contribution < -0.4 is 5.73 Å². The van der Waals surface area contributed by atoms with Crippen LogP contribution in [0.2, 0.25) is 0 Å². The van der Waals surface area contributed by atoms with Crippen molar-refractivity contribution < 1.29 is 13.9 Å². The zero-order valence-corrected chi connectivity index (χ0v) is 10.3. The third-order valence-electron chi connectivity index (χ3n) is 3.17. The van der Waals surface area contributed by atoms with Gasteiger partial charge in [-0.2, -0.15) is 0 Å². The molecule has 94 valence electrons. The summed E-state index contributed by atoms with van der Waals surface area (Å²) in [6.07, 6.45) is 1.03. The number of carbonyl (C=O) groups excluding carboxylic acids is 1. The van der Waals surface area contributed by atoms with E-state index in [-0.39, 0.29) is 30.2 Å². The Morgan fingerprint density at radius 3 is 2.65 bits per heavy atom. The van der Waals surface area contributed by atoms with Gasteiger partial charge in [0.1, 0.15) is 5.82 Å². The van der Waals surface area contributed by atoms with E-state index in [4.69, 9.17) is 10.5 Å². The first-order valence-corrected chi connectivity index (χ1v) is 5.18. The fourth-order valence-corrected chi connectivity index (χ4v) is 2.34. The monoisotopic (exact) mass is 259 g/mol. The molecule has 0 unspecified atom stereocenters. The van der Waals surface area contributed by atoms with Gasteiger partial charge in [-0.1, -0.05) is 12.1 Å². The molecule has 1 aromatic carbocycles. The zero-order valence-electron chi connectivity index (χ0n) is 9.48. The molecular weight excluding hydrogens is 245 g/mol. The Labute approximate surface area is 106 Å². The molecule has 0 spiro atoms. The Balaban J connectivity index is 0.00000144. The van der Waals surface area contributed by atoms with Gasteiger partial charge < -0.3 is 10.5 Å². The third kappa shape index (κ3) is 2.28. The highest BCUT2D eigenvalue weighted by atomic mass is 35.5. The Hall–Kier alpha value is -1.13. The van der Waals surface area contributed by atoms with Crippen molar-refractivity contribution in [1.29, 1.82) is 0 Å². The van der Waals surface area contributed by atoms with Crippen molar-refractivity contribution in [2.75, 3.05) is 7.11 Å². The van der Waals surface area contributed by atoms with Crippen molar-refractivity contribution >= 4 is 18.4 Å². The van der Waals surface area contributed by atoms with E-state index in [1.807, 2.05) is 0 Å². The van der Waals surface area contributed by atoms with Gasteiger partial charge in [-0.25, -0.2) is 4.39 Å². The largest absolute Gasteiger partial charge is 0.468 e. The molecule has 0 atom stereocenters. The molecule has 0 aliphatic heterocycles. The highest BCUT2D eigenvalue weighted by Gasteiger charge is 2.51. The predicted molar refractivity (Wildman–Crippen MR) is 64.6 cm³/mol. The molecule has 1 aromatic rings. The van der Waals surface area contributed by atoms with Crippen molar-refractivity contribution in [3.05, 3.63) is 35.6 Å². The Morgan fingerprint density at radius 1 is 1.53 bits per heavy atom. The van der Waals surface area contributed by atoms with Gasteiger partial charge in [-0.05, 0) is 30.5 Å². The lowest BCUT2D eigenvalue weighted by Crippen LogP contribution is -2.54. The summed E-state index contributed by atoms with van der Waals surface area (Å²) in [6, 6.07) is 6.06. The molecule has 1 saturated carbocycles. The normalized spacial score (nSPS) is 26.6. The lowest BCUT2D eigenvalue weighted by molar-refractivity contribution is -0.152. The van der Waals surface area contributed by atoms with Crippen LogP contribution in [-0.4, -0.2) is 19.1 Å². The number of hydrogen-bond donors (Lipinski definition) is 1. The van der Waals surface area contributed by atoms with Crippen LogP contribution in [0.1, 0.15) is 18.4 Å². The molecule has 3 nitrogen and oxygen atoms in total.